The second-order valence-electron chi connectivity index (χ2n) is 17.5. The molecule has 1 aromatic heterocycles. The molecule has 4 heterocycles. The van der Waals surface area contributed by atoms with Crippen LogP contribution in [0.1, 0.15) is 51.2 Å². The van der Waals surface area contributed by atoms with Crippen molar-refractivity contribution in [1.29, 1.82) is 0 Å². The zero-order valence-electron chi connectivity index (χ0n) is 37.6. The van der Waals surface area contributed by atoms with E-state index in [1.807, 2.05) is 0 Å². The van der Waals surface area contributed by atoms with Crippen LogP contribution in [-0.4, -0.2) is 153 Å². The molecule has 3 aliphatic heterocycles. The third-order valence-electron chi connectivity index (χ3n) is 11.7. The molecule has 0 saturated carbocycles. The van der Waals surface area contributed by atoms with Gasteiger partial charge in [0.1, 0.15) is 60.6 Å². The van der Waals surface area contributed by atoms with Crippen LogP contribution in [0.25, 0.3) is 10.9 Å². The fourth-order valence-corrected chi connectivity index (χ4v) is 8.29. The number of carbonyl (C=O) groups excluding carboxylic acids is 9. The van der Waals surface area contributed by atoms with Gasteiger partial charge in [-0.15, -0.1) is 0 Å². The summed E-state index contributed by atoms with van der Waals surface area (Å²) in [5, 5.41) is 54.2. The second-order valence-corrected chi connectivity index (χ2v) is 17.5. The van der Waals surface area contributed by atoms with Crippen LogP contribution in [0.2, 0.25) is 0 Å². The van der Waals surface area contributed by atoms with Crippen LogP contribution in [0.5, 0.6) is 0 Å². The van der Waals surface area contributed by atoms with Crippen LogP contribution in [0.4, 0.5) is 0 Å². The first-order chi connectivity index (χ1) is 32.4. The number of aliphatic hydroxyl groups is 3. The Balaban J connectivity index is 1.37. The number of para-hydroxylation sites is 1. The van der Waals surface area contributed by atoms with Gasteiger partial charge in [-0.05, 0) is 29.5 Å². The molecule has 23 nitrogen and oxygen atoms in total. The number of H-pyrrole nitrogens is 1. The third-order valence-corrected chi connectivity index (χ3v) is 11.7. The van der Waals surface area contributed by atoms with Crippen molar-refractivity contribution in [2.75, 3.05) is 13.2 Å². The van der Waals surface area contributed by atoms with Gasteiger partial charge in [0.05, 0.1) is 19.4 Å². The summed E-state index contributed by atoms with van der Waals surface area (Å²) in [6, 6.07) is 5.17. The number of amides is 9. The summed E-state index contributed by atoms with van der Waals surface area (Å²) in [4.78, 5) is 129. The number of aromatic amines is 1. The molecule has 2 bridgehead atoms. The van der Waals surface area contributed by atoms with Gasteiger partial charge in [-0.3, -0.25) is 43.2 Å². The van der Waals surface area contributed by atoms with Gasteiger partial charge in [-0.25, -0.2) is 0 Å². The number of hydrogen-bond donors (Lipinski definition) is 13. The van der Waals surface area contributed by atoms with E-state index >= 15 is 0 Å². The molecule has 3 aliphatic rings. The van der Waals surface area contributed by atoms with Crippen molar-refractivity contribution < 1.29 is 63.2 Å². The summed E-state index contributed by atoms with van der Waals surface area (Å²) in [5.41, 5.74) is 1.94. The predicted octanol–water partition coefficient (Wildman–Crippen LogP) is -4.11. The first kappa shape index (κ1) is 50.5. The van der Waals surface area contributed by atoms with Crippen LogP contribution < -0.4 is 47.9 Å². The lowest BCUT2D eigenvalue weighted by molar-refractivity contribution is -0.139. The van der Waals surface area contributed by atoms with E-state index in [1.54, 1.807) is 74.6 Å². The monoisotopic (exact) mass is 946 g/mol. The highest BCUT2D eigenvalue weighted by Gasteiger charge is 2.48. The average molecular weight is 947 g/mol. The quantitative estimate of drug-likeness (QED) is 0.0823. The Morgan fingerprint density at radius 3 is 2.03 bits per heavy atom. The van der Waals surface area contributed by atoms with E-state index in [1.165, 1.54) is 0 Å². The Bertz CT molecular complexity index is 2360. The highest BCUT2D eigenvalue weighted by Crippen LogP contribution is 2.24. The molecule has 3 saturated heterocycles. The molecule has 13 N–H and O–H groups in total. The molecule has 0 spiro atoms. The zero-order valence-corrected chi connectivity index (χ0v) is 37.6. The van der Waals surface area contributed by atoms with Gasteiger partial charge in [0.15, 0.2) is 6.23 Å². The number of hydrogen-bond acceptors (Lipinski definition) is 13. The van der Waals surface area contributed by atoms with Crippen molar-refractivity contribution in [3.05, 3.63) is 71.9 Å². The Morgan fingerprint density at radius 2 is 1.32 bits per heavy atom. The molecule has 11 atom stereocenters. The molecule has 23 heteroatoms. The number of ether oxygens (including phenoxy) is 1. The molecule has 6 rings (SSSR count). The van der Waals surface area contributed by atoms with E-state index in [0.717, 1.165) is 12.4 Å². The molecule has 1 unspecified atom stereocenters. The number of rotatable bonds is 12. The van der Waals surface area contributed by atoms with E-state index in [0.29, 0.717) is 16.5 Å². The fourth-order valence-electron chi connectivity index (χ4n) is 8.29. The molecule has 3 fully saturated rings. The zero-order chi connectivity index (χ0) is 49.2. The maximum absolute atomic E-state index is 14.5. The van der Waals surface area contributed by atoms with Crippen molar-refractivity contribution in [2.24, 2.45) is 5.92 Å². The smallest absolute Gasteiger partial charge is 0.245 e. The van der Waals surface area contributed by atoms with Crippen molar-refractivity contribution in [1.82, 2.24) is 52.8 Å². The van der Waals surface area contributed by atoms with Crippen LogP contribution in [-0.2, 0) is 60.7 Å². The molecule has 9 amide bonds. The molecular formula is C45H58N10O13. The van der Waals surface area contributed by atoms with Gasteiger partial charge in [0, 0.05) is 43.4 Å². The number of aliphatic hydroxyl groups excluding tert-OH is 3. The predicted molar refractivity (Wildman–Crippen MR) is 239 cm³/mol. The minimum absolute atomic E-state index is 0.0263. The van der Waals surface area contributed by atoms with Gasteiger partial charge in [0.2, 0.25) is 53.2 Å². The Kier molecular flexibility index (Phi) is 16.8. The van der Waals surface area contributed by atoms with Gasteiger partial charge in [-0.2, -0.15) is 0 Å². The Labute approximate surface area is 390 Å². The number of carbonyl (C=O) groups is 9. The number of benzene rings is 2. The summed E-state index contributed by atoms with van der Waals surface area (Å²) in [6.45, 7) is 3.22. The minimum Gasteiger partial charge on any atom is -0.394 e. The van der Waals surface area contributed by atoms with Gasteiger partial charge in [0.25, 0.3) is 0 Å². The minimum atomic E-state index is -1.85. The third kappa shape index (κ3) is 12.9. The largest absolute Gasteiger partial charge is 0.394 e. The molecule has 0 radical (unpaired) electrons. The highest BCUT2D eigenvalue weighted by atomic mass is 16.5. The van der Waals surface area contributed by atoms with Gasteiger partial charge < -0.3 is 72.9 Å². The number of fused-ring (bicyclic) bond motifs is 6. The molecule has 2 aromatic carbocycles. The average Bonchev–Trinajstić information content (AvgIpc) is 3.84. The van der Waals surface area contributed by atoms with Crippen molar-refractivity contribution in [3.8, 4) is 0 Å². The van der Waals surface area contributed by atoms with Crippen molar-refractivity contribution in [2.45, 2.75) is 120 Å². The van der Waals surface area contributed by atoms with Crippen molar-refractivity contribution in [3.63, 3.8) is 0 Å². The first-order valence-electron chi connectivity index (χ1n) is 22.3. The summed E-state index contributed by atoms with van der Waals surface area (Å²) >= 11 is 0. The van der Waals surface area contributed by atoms with E-state index in [2.05, 4.69) is 52.8 Å². The van der Waals surface area contributed by atoms with Crippen LogP contribution in [0, 0.1) is 5.92 Å². The lowest BCUT2D eigenvalue weighted by atomic mass is 10.00. The van der Waals surface area contributed by atoms with E-state index < -0.39 is 146 Å². The van der Waals surface area contributed by atoms with Gasteiger partial charge in [-0.1, -0.05) is 62.4 Å². The van der Waals surface area contributed by atoms with Crippen LogP contribution >= 0.6 is 0 Å². The summed E-state index contributed by atoms with van der Waals surface area (Å²) in [5.74, 6) is -8.53. The maximum Gasteiger partial charge on any atom is 0.245 e. The maximum atomic E-state index is 14.5. The molecule has 366 valence electrons. The summed E-state index contributed by atoms with van der Waals surface area (Å²) in [6.07, 6.45) is -6.55. The molecular weight excluding hydrogens is 889 g/mol. The number of aromatic nitrogens is 1. The number of nitrogens with one attached hydrogen (secondary N) is 10. The highest BCUT2D eigenvalue weighted by molar-refractivity contribution is 6.01. The van der Waals surface area contributed by atoms with E-state index in [9.17, 15) is 58.5 Å². The second kappa shape index (κ2) is 22.7. The SMILES string of the molecule is CC(=O)N[C@@H]1[C@@H](O)[C@@H]([C@H](O)CO)O[C@H]1NC(=O)C[C@@H]1NC(=O)[C@H](CC(C)C)NC(=O)[C@@H]2CNC(=O)C[C@H](NC1=O)C(=O)N[C@@H](Cc1c[nH]c3ccccc13)C(=O)NC(Cc1ccccc1)C(=O)N2. The normalized spacial score (nSPS) is 28.0. The topological polar surface area (TPSA) is 348 Å². The van der Waals surface area contributed by atoms with Crippen LogP contribution in [0.3, 0.4) is 0 Å². The Hall–Kier alpha value is -6.95. The lowest BCUT2D eigenvalue weighted by Crippen LogP contribution is -2.64. The summed E-state index contributed by atoms with van der Waals surface area (Å²) in [7, 11) is 0. The first-order valence-corrected chi connectivity index (χ1v) is 22.3. The van der Waals surface area contributed by atoms with E-state index in [4.69, 9.17) is 4.74 Å². The van der Waals surface area contributed by atoms with Gasteiger partial charge >= 0.3 is 0 Å². The van der Waals surface area contributed by atoms with E-state index in [-0.39, 0.29) is 25.2 Å². The molecule has 68 heavy (non-hydrogen) atoms. The fraction of sp³-hybridized carbons (Fsp3) is 0.489. The lowest BCUT2D eigenvalue weighted by Gasteiger charge is -2.30. The summed E-state index contributed by atoms with van der Waals surface area (Å²) < 4.78 is 5.61. The molecule has 0 aliphatic carbocycles. The van der Waals surface area contributed by atoms with Crippen molar-refractivity contribution >= 4 is 64.1 Å². The standard InChI is InChI=1S/C45H58N10O13/c1-21(2)13-27-39(62)53-31(17-35(60)55-45-36(48-22(3)57)37(61)38(68-45)33(58)20-56)43(66)52-30-16-34(59)47-19-32(44(67)49-27)54-40(63)28(14-23-9-5-4-6-10-23)50-41(64)29(51-42(30)65)15-24-18-46-26-12-8-7-11-25(24)26/h4-12,18,21,27-33,36-38,45-46,56,58,61H,13-17,19-20H2,1-3H3,(H,47,59)(H,48,57)(H,49,67)(H,50,64)(H,51,65)(H,52,66)(H,53,62)(H,54,63)(H,55,60)/t27-,28?,29-,30-,31-,32-,33+,36+,37+,38+,45+/m0/s1. The Morgan fingerprint density at radius 1 is 0.735 bits per heavy atom. The van der Waals surface area contributed by atoms with Crippen LogP contribution in [0.15, 0.2) is 60.8 Å². The molecule has 3 aromatic rings.